The summed E-state index contributed by atoms with van der Waals surface area (Å²) in [5, 5.41) is 20.8. The Bertz CT molecular complexity index is 407. The minimum atomic E-state index is -0.733. The second-order valence-corrected chi connectivity index (χ2v) is 4.79. The van der Waals surface area contributed by atoms with Crippen LogP contribution in [0.2, 0.25) is 0 Å². The maximum atomic E-state index is 11.1. The van der Waals surface area contributed by atoms with Gasteiger partial charge in [0.1, 0.15) is 0 Å². The minimum Gasteiger partial charge on any atom is -0.481 e. The zero-order chi connectivity index (χ0) is 12.5. The molecule has 17 heavy (non-hydrogen) atoms. The molecule has 1 fully saturated rings. The first-order valence-corrected chi connectivity index (χ1v) is 6.12. The fraction of sp³-hybridized carbons (Fsp3) is 0.818. The molecule has 0 atom stereocenters. The van der Waals surface area contributed by atoms with Crippen molar-refractivity contribution in [3.63, 3.8) is 0 Å². The summed E-state index contributed by atoms with van der Waals surface area (Å²) >= 11 is 0. The van der Waals surface area contributed by atoms with Gasteiger partial charge >= 0.3 is 5.97 Å². The number of carbonyl (C=O) groups is 1. The van der Waals surface area contributed by atoms with Crippen LogP contribution in [-0.4, -0.2) is 31.3 Å². The van der Waals surface area contributed by atoms with Gasteiger partial charge < -0.3 is 5.11 Å². The van der Waals surface area contributed by atoms with Crippen molar-refractivity contribution in [2.45, 2.75) is 52.0 Å². The van der Waals surface area contributed by atoms with E-state index in [1.54, 1.807) is 4.68 Å². The fourth-order valence-electron chi connectivity index (χ4n) is 2.15. The number of carboxylic acids is 1. The van der Waals surface area contributed by atoms with E-state index in [0.29, 0.717) is 12.5 Å². The van der Waals surface area contributed by atoms with Crippen LogP contribution in [0.3, 0.4) is 0 Å². The molecule has 0 aromatic carbocycles. The Kier molecular flexibility index (Phi) is 3.13. The van der Waals surface area contributed by atoms with Crippen LogP contribution < -0.4 is 0 Å². The number of hydrogen-bond acceptors (Lipinski definition) is 4. The molecule has 0 unspecified atom stereocenters. The van der Waals surface area contributed by atoms with Gasteiger partial charge in [-0.1, -0.05) is 13.8 Å². The van der Waals surface area contributed by atoms with Crippen LogP contribution in [0.1, 0.15) is 51.3 Å². The summed E-state index contributed by atoms with van der Waals surface area (Å²) in [6, 6.07) is 0. The van der Waals surface area contributed by atoms with Crippen molar-refractivity contribution in [3.8, 4) is 0 Å². The minimum absolute atomic E-state index is 0.314. The molecule has 1 heterocycles. The molecule has 0 radical (unpaired) electrons. The Morgan fingerprint density at radius 3 is 2.59 bits per heavy atom. The number of carboxylic acid groups (broad SMARTS) is 1. The summed E-state index contributed by atoms with van der Waals surface area (Å²) in [6.45, 7) is 4.59. The van der Waals surface area contributed by atoms with Gasteiger partial charge in [-0.15, -0.1) is 5.10 Å². The van der Waals surface area contributed by atoms with Crippen molar-refractivity contribution in [1.82, 2.24) is 20.2 Å². The third-order valence-electron chi connectivity index (χ3n) is 3.67. The van der Waals surface area contributed by atoms with E-state index in [-0.39, 0.29) is 0 Å². The fourth-order valence-corrected chi connectivity index (χ4v) is 2.15. The summed E-state index contributed by atoms with van der Waals surface area (Å²) in [6.07, 6.45) is 3.39. The van der Waals surface area contributed by atoms with Gasteiger partial charge in [0.15, 0.2) is 5.82 Å². The monoisotopic (exact) mass is 238 g/mol. The highest BCUT2D eigenvalue weighted by atomic mass is 16.4. The van der Waals surface area contributed by atoms with Gasteiger partial charge in [0.25, 0.3) is 0 Å². The van der Waals surface area contributed by atoms with Gasteiger partial charge in [-0.2, -0.15) is 0 Å². The first kappa shape index (κ1) is 12.0. The van der Waals surface area contributed by atoms with E-state index >= 15 is 0 Å². The summed E-state index contributed by atoms with van der Waals surface area (Å²) in [4.78, 5) is 11.1. The van der Waals surface area contributed by atoms with E-state index in [2.05, 4.69) is 29.4 Å². The molecule has 0 aliphatic heterocycles. The molecular formula is C11H18N4O2. The molecule has 1 aliphatic carbocycles. The van der Waals surface area contributed by atoms with Crippen molar-refractivity contribution in [2.24, 2.45) is 5.41 Å². The van der Waals surface area contributed by atoms with E-state index < -0.39 is 11.4 Å². The SMILES string of the molecule is CCC(CC)c1nnnn1CC1(C(=O)O)CC1. The first-order valence-electron chi connectivity index (χ1n) is 6.12. The zero-order valence-electron chi connectivity index (χ0n) is 10.3. The molecule has 0 bridgehead atoms. The van der Waals surface area contributed by atoms with Crippen LogP contribution in [-0.2, 0) is 11.3 Å². The molecular weight excluding hydrogens is 220 g/mol. The number of tetrazole rings is 1. The third-order valence-corrected chi connectivity index (χ3v) is 3.67. The number of aliphatic carboxylic acids is 1. The second kappa shape index (κ2) is 4.43. The molecule has 2 rings (SSSR count). The number of hydrogen-bond donors (Lipinski definition) is 1. The molecule has 94 valence electrons. The molecule has 1 aromatic rings. The Morgan fingerprint density at radius 2 is 2.12 bits per heavy atom. The molecule has 1 aromatic heterocycles. The molecule has 0 amide bonds. The van der Waals surface area contributed by atoms with Crippen LogP contribution >= 0.6 is 0 Å². The summed E-state index contributed by atoms with van der Waals surface area (Å²) in [7, 11) is 0. The summed E-state index contributed by atoms with van der Waals surface area (Å²) in [5.74, 6) is 0.403. The maximum Gasteiger partial charge on any atom is 0.311 e. The van der Waals surface area contributed by atoms with E-state index in [9.17, 15) is 4.79 Å². The summed E-state index contributed by atoms with van der Waals surface area (Å²) < 4.78 is 1.68. The second-order valence-electron chi connectivity index (χ2n) is 4.79. The van der Waals surface area contributed by atoms with Crippen molar-refractivity contribution in [3.05, 3.63) is 5.82 Å². The Morgan fingerprint density at radius 1 is 1.47 bits per heavy atom. The van der Waals surface area contributed by atoms with E-state index in [4.69, 9.17) is 5.11 Å². The van der Waals surface area contributed by atoms with Gasteiger partial charge in [0.2, 0.25) is 0 Å². The van der Waals surface area contributed by atoms with E-state index in [1.165, 1.54) is 0 Å². The standard InChI is InChI=1S/C11H18N4O2/c1-3-8(4-2)9-12-13-14-15(9)7-11(5-6-11)10(16)17/h8H,3-7H2,1-2H3,(H,16,17). The van der Waals surface area contributed by atoms with Crippen molar-refractivity contribution >= 4 is 5.97 Å². The number of rotatable bonds is 6. The maximum absolute atomic E-state index is 11.1. The predicted octanol–water partition coefficient (Wildman–Crippen LogP) is 1.44. The zero-order valence-corrected chi connectivity index (χ0v) is 10.3. The Labute approximate surface area is 100 Å². The molecule has 0 spiro atoms. The molecule has 0 saturated heterocycles. The van der Waals surface area contributed by atoms with Crippen molar-refractivity contribution in [1.29, 1.82) is 0 Å². The van der Waals surface area contributed by atoms with Crippen LogP contribution in [0.15, 0.2) is 0 Å². The summed E-state index contributed by atoms with van der Waals surface area (Å²) in [5.41, 5.74) is -0.615. The molecule has 1 saturated carbocycles. The Hall–Kier alpha value is -1.46. The van der Waals surface area contributed by atoms with Gasteiger partial charge in [-0.25, -0.2) is 4.68 Å². The highest BCUT2D eigenvalue weighted by molar-refractivity contribution is 5.77. The van der Waals surface area contributed by atoms with Crippen molar-refractivity contribution in [2.75, 3.05) is 0 Å². The van der Waals surface area contributed by atoms with Gasteiger partial charge in [-0.3, -0.25) is 4.79 Å². The largest absolute Gasteiger partial charge is 0.481 e. The third kappa shape index (κ3) is 2.16. The molecule has 6 heteroatoms. The van der Waals surface area contributed by atoms with Gasteiger partial charge in [-0.05, 0) is 36.1 Å². The first-order chi connectivity index (χ1) is 8.13. The number of nitrogens with zero attached hydrogens (tertiary/aromatic N) is 4. The smallest absolute Gasteiger partial charge is 0.311 e. The highest BCUT2D eigenvalue weighted by Gasteiger charge is 2.51. The lowest BCUT2D eigenvalue weighted by Gasteiger charge is -2.14. The molecule has 6 nitrogen and oxygen atoms in total. The van der Waals surface area contributed by atoms with Crippen LogP contribution in [0.4, 0.5) is 0 Å². The normalized spacial score (nSPS) is 17.4. The van der Waals surface area contributed by atoms with Gasteiger partial charge in [0.05, 0.1) is 12.0 Å². The quantitative estimate of drug-likeness (QED) is 0.811. The molecule has 1 aliphatic rings. The van der Waals surface area contributed by atoms with Crippen LogP contribution in [0.5, 0.6) is 0 Å². The van der Waals surface area contributed by atoms with Gasteiger partial charge in [0, 0.05) is 5.92 Å². The predicted molar refractivity (Wildman–Crippen MR) is 60.4 cm³/mol. The molecule has 1 N–H and O–H groups in total. The van der Waals surface area contributed by atoms with Crippen LogP contribution in [0.25, 0.3) is 0 Å². The average molecular weight is 238 g/mol. The topological polar surface area (TPSA) is 80.9 Å². The van der Waals surface area contributed by atoms with E-state index in [0.717, 1.165) is 31.5 Å². The number of aromatic nitrogens is 4. The highest BCUT2D eigenvalue weighted by Crippen LogP contribution is 2.47. The lowest BCUT2D eigenvalue weighted by atomic mass is 10.0. The van der Waals surface area contributed by atoms with Crippen molar-refractivity contribution < 1.29 is 9.90 Å². The average Bonchev–Trinajstić information content (AvgIpc) is 2.96. The Balaban J connectivity index is 2.17. The van der Waals surface area contributed by atoms with Crippen LogP contribution in [0, 0.1) is 5.41 Å². The lowest BCUT2D eigenvalue weighted by molar-refractivity contribution is -0.144. The van der Waals surface area contributed by atoms with E-state index in [1.807, 2.05) is 0 Å². The lowest BCUT2D eigenvalue weighted by Crippen LogP contribution is -2.24.